The van der Waals surface area contributed by atoms with Gasteiger partial charge in [0.25, 0.3) is 5.91 Å². The van der Waals surface area contributed by atoms with Crippen molar-refractivity contribution in [3.05, 3.63) is 47.5 Å². The summed E-state index contributed by atoms with van der Waals surface area (Å²) in [6, 6.07) is 7.39. The third kappa shape index (κ3) is 4.58. The van der Waals surface area contributed by atoms with Crippen molar-refractivity contribution in [2.24, 2.45) is 0 Å². The summed E-state index contributed by atoms with van der Waals surface area (Å²) in [5.74, 6) is 0.585. The van der Waals surface area contributed by atoms with Gasteiger partial charge in [0.1, 0.15) is 5.75 Å². The number of para-hydroxylation sites is 1. The van der Waals surface area contributed by atoms with Crippen LogP contribution in [0.4, 0.5) is 0 Å². The van der Waals surface area contributed by atoms with E-state index >= 15 is 0 Å². The minimum Gasteiger partial charge on any atom is -0.493 e. The molecule has 1 N–H and O–H groups in total. The number of aromatic nitrogens is 2. The van der Waals surface area contributed by atoms with Crippen LogP contribution in [-0.4, -0.2) is 59.5 Å². The summed E-state index contributed by atoms with van der Waals surface area (Å²) in [5, 5.41) is 0. The number of carbonyl (C=O) groups is 1. The number of rotatable bonds is 8. The molecule has 6 nitrogen and oxygen atoms in total. The molecule has 1 amide bonds. The molecule has 0 bridgehead atoms. The van der Waals surface area contributed by atoms with Gasteiger partial charge in [-0.3, -0.25) is 4.79 Å². The lowest BCUT2D eigenvalue weighted by Crippen LogP contribution is -2.36. The third-order valence-corrected chi connectivity index (χ3v) is 3.80. The number of imidazole rings is 1. The molecule has 0 aliphatic carbocycles. The molecular weight excluding hydrogens is 304 g/mol. The van der Waals surface area contributed by atoms with Crippen LogP contribution in [0.3, 0.4) is 0 Å². The Morgan fingerprint density at radius 2 is 2.00 bits per heavy atom. The van der Waals surface area contributed by atoms with Gasteiger partial charge in [-0.05, 0) is 40.1 Å². The molecule has 0 radical (unpaired) electrons. The highest BCUT2D eigenvalue weighted by Crippen LogP contribution is 2.21. The first-order chi connectivity index (χ1) is 11.5. The van der Waals surface area contributed by atoms with Crippen LogP contribution in [-0.2, 0) is 6.54 Å². The Balaban J connectivity index is 2.25. The average Bonchev–Trinajstić information content (AvgIpc) is 2.96. The van der Waals surface area contributed by atoms with Crippen molar-refractivity contribution in [3.8, 4) is 5.75 Å². The molecule has 0 aliphatic heterocycles. The van der Waals surface area contributed by atoms with Gasteiger partial charge in [0.2, 0.25) is 0 Å². The van der Waals surface area contributed by atoms with Crippen LogP contribution >= 0.6 is 0 Å². The number of nitrogens with zero attached hydrogens (tertiary/aromatic N) is 3. The number of aromatic amines is 1. The maximum atomic E-state index is 13.1. The van der Waals surface area contributed by atoms with Crippen LogP contribution in [0.15, 0.2) is 30.6 Å². The van der Waals surface area contributed by atoms with Gasteiger partial charge in [-0.2, -0.15) is 0 Å². The summed E-state index contributed by atoms with van der Waals surface area (Å²) in [6.45, 7) is 6.29. The molecule has 1 aromatic carbocycles. The number of benzene rings is 1. The number of amides is 1. The van der Waals surface area contributed by atoms with Crippen molar-refractivity contribution in [2.75, 3.05) is 33.8 Å². The summed E-state index contributed by atoms with van der Waals surface area (Å²) in [7, 11) is 3.99. The molecule has 1 heterocycles. The van der Waals surface area contributed by atoms with Crippen molar-refractivity contribution in [2.45, 2.75) is 20.4 Å². The van der Waals surface area contributed by atoms with Gasteiger partial charge in [-0.25, -0.2) is 4.98 Å². The van der Waals surface area contributed by atoms with Crippen LogP contribution in [0, 0.1) is 6.92 Å². The van der Waals surface area contributed by atoms with E-state index in [4.69, 9.17) is 4.74 Å². The maximum Gasteiger partial charge on any atom is 0.258 e. The standard InChI is InChI=1S/C18H26N4O2/c1-5-24-17-9-7-6-8-15(17)18(23)22(11-10-21(3)4)12-16-14(2)19-13-20-16/h6-9,13H,5,10-12H2,1-4H3,(H,19,20). The number of H-pyrrole nitrogens is 1. The van der Waals surface area contributed by atoms with Gasteiger partial charge in [-0.15, -0.1) is 0 Å². The number of carbonyl (C=O) groups excluding carboxylic acids is 1. The SMILES string of the molecule is CCOc1ccccc1C(=O)N(CCN(C)C)Cc1nc[nH]c1C. The molecule has 2 aromatic rings. The van der Waals surface area contributed by atoms with Gasteiger partial charge in [0.05, 0.1) is 30.7 Å². The van der Waals surface area contributed by atoms with E-state index < -0.39 is 0 Å². The molecule has 6 heteroatoms. The molecule has 1 aromatic heterocycles. The fraction of sp³-hybridized carbons (Fsp3) is 0.444. The van der Waals surface area contributed by atoms with E-state index in [1.165, 1.54) is 0 Å². The lowest BCUT2D eigenvalue weighted by Gasteiger charge is -2.25. The second-order valence-electron chi connectivity index (χ2n) is 5.93. The van der Waals surface area contributed by atoms with E-state index in [1.807, 2.05) is 57.1 Å². The number of ether oxygens (including phenoxy) is 1. The van der Waals surface area contributed by atoms with E-state index in [9.17, 15) is 4.79 Å². The van der Waals surface area contributed by atoms with Crippen molar-refractivity contribution < 1.29 is 9.53 Å². The molecule has 0 spiro atoms. The number of aryl methyl sites for hydroxylation is 1. The zero-order valence-corrected chi connectivity index (χ0v) is 14.9. The number of hydrogen-bond donors (Lipinski definition) is 1. The Kier molecular flexibility index (Phi) is 6.37. The predicted molar refractivity (Wildman–Crippen MR) is 94.2 cm³/mol. The molecule has 2 rings (SSSR count). The zero-order chi connectivity index (χ0) is 17.5. The molecule has 0 saturated heterocycles. The fourth-order valence-electron chi connectivity index (χ4n) is 2.40. The number of likely N-dealkylation sites (N-methyl/N-ethyl adjacent to an activating group) is 1. The summed E-state index contributed by atoms with van der Waals surface area (Å²) in [6.07, 6.45) is 1.66. The Morgan fingerprint density at radius 1 is 1.25 bits per heavy atom. The summed E-state index contributed by atoms with van der Waals surface area (Å²) >= 11 is 0. The molecular formula is C18H26N4O2. The normalized spacial score (nSPS) is 10.9. The Labute approximate surface area is 143 Å². The molecule has 0 saturated carbocycles. The van der Waals surface area contributed by atoms with Gasteiger partial charge >= 0.3 is 0 Å². The van der Waals surface area contributed by atoms with Crippen molar-refractivity contribution >= 4 is 5.91 Å². The minimum atomic E-state index is -0.0386. The second kappa shape index (κ2) is 8.49. The lowest BCUT2D eigenvalue weighted by molar-refractivity contribution is 0.0725. The molecule has 24 heavy (non-hydrogen) atoms. The van der Waals surface area contributed by atoms with Crippen molar-refractivity contribution in [1.29, 1.82) is 0 Å². The topological polar surface area (TPSA) is 61.5 Å². The first-order valence-electron chi connectivity index (χ1n) is 8.17. The summed E-state index contributed by atoms with van der Waals surface area (Å²) in [5.41, 5.74) is 2.46. The van der Waals surface area contributed by atoms with E-state index in [0.29, 0.717) is 31.0 Å². The van der Waals surface area contributed by atoms with Crippen LogP contribution < -0.4 is 4.74 Å². The predicted octanol–water partition coefficient (Wildman–Crippen LogP) is 2.32. The summed E-state index contributed by atoms with van der Waals surface area (Å²) in [4.78, 5) is 24.4. The number of nitrogens with one attached hydrogen (secondary N) is 1. The largest absolute Gasteiger partial charge is 0.493 e. The maximum absolute atomic E-state index is 13.1. The van der Waals surface area contributed by atoms with Crippen molar-refractivity contribution in [3.63, 3.8) is 0 Å². The fourth-order valence-corrected chi connectivity index (χ4v) is 2.40. The highest BCUT2D eigenvalue weighted by molar-refractivity contribution is 5.96. The molecule has 0 fully saturated rings. The Bertz CT molecular complexity index is 667. The molecule has 0 aliphatic rings. The van der Waals surface area contributed by atoms with Gasteiger partial charge in [0, 0.05) is 18.8 Å². The molecule has 0 atom stereocenters. The average molecular weight is 330 g/mol. The van der Waals surface area contributed by atoms with E-state index in [2.05, 4.69) is 14.9 Å². The zero-order valence-electron chi connectivity index (χ0n) is 14.9. The third-order valence-electron chi connectivity index (χ3n) is 3.80. The lowest BCUT2D eigenvalue weighted by atomic mass is 10.1. The smallest absolute Gasteiger partial charge is 0.258 e. The minimum absolute atomic E-state index is 0.0386. The Hall–Kier alpha value is -2.34. The Morgan fingerprint density at radius 3 is 2.62 bits per heavy atom. The van der Waals surface area contributed by atoms with Crippen LogP contribution in [0.25, 0.3) is 0 Å². The van der Waals surface area contributed by atoms with Crippen molar-refractivity contribution in [1.82, 2.24) is 19.8 Å². The van der Waals surface area contributed by atoms with Crippen LogP contribution in [0.2, 0.25) is 0 Å². The van der Waals surface area contributed by atoms with E-state index in [1.54, 1.807) is 6.33 Å². The first kappa shape index (κ1) is 18.0. The highest BCUT2D eigenvalue weighted by atomic mass is 16.5. The first-order valence-corrected chi connectivity index (χ1v) is 8.17. The monoisotopic (exact) mass is 330 g/mol. The quantitative estimate of drug-likeness (QED) is 0.807. The molecule has 0 unspecified atom stereocenters. The van der Waals surface area contributed by atoms with Crippen LogP contribution in [0.1, 0.15) is 28.7 Å². The van der Waals surface area contributed by atoms with Crippen LogP contribution in [0.5, 0.6) is 5.75 Å². The molecule has 130 valence electrons. The van der Waals surface area contributed by atoms with Gasteiger partial charge in [0.15, 0.2) is 0 Å². The second-order valence-corrected chi connectivity index (χ2v) is 5.93. The summed E-state index contributed by atoms with van der Waals surface area (Å²) < 4.78 is 5.61. The highest BCUT2D eigenvalue weighted by Gasteiger charge is 2.21. The van der Waals surface area contributed by atoms with E-state index in [-0.39, 0.29) is 5.91 Å². The number of hydrogen-bond acceptors (Lipinski definition) is 4. The van der Waals surface area contributed by atoms with E-state index in [0.717, 1.165) is 17.9 Å². The van der Waals surface area contributed by atoms with Gasteiger partial charge in [-0.1, -0.05) is 12.1 Å². The van der Waals surface area contributed by atoms with Gasteiger partial charge < -0.3 is 19.5 Å².